The second-order valence-electron chi connectivity index (χ2n) is 6.07. The van der Waals surface area contributed by atoms with Gasteiger partial charge in [-0.1, -0.05) is 0 Å². The first-order valence-electron chi connectivity index (χ1n) is 8.24. The van der Waals surface area contributed by atoms with Crippen molar-refractivity contribution in [3.05, 3.63) is 53.2 Å². The summed E-state index contributed by atoms with van der Waals surface area (Å²) in [7, 11) is 0. The minimum Gasteiger partial charge on any atom is -0.490 e. The van der Waals surface area contributed by atoms with Gasteiger partial charge in [-0.25, -0.2) is 0 Å². The molecule has 5 nitrogen and oxygen atoms in total. The molecule has 1 aliphatic carbocycles. The highest BCUT2D eigenvalue weighted by molar-refractivity contribution is 7.71. The fourth-order valence-corrected chi connectivity index (χ4v) is 3.32. The lowest BCUT2D eigenvalue weighted by Crippen LogP contribution is -2.10. The molecule has 0 aliphatic heterocycles. The standard InChI is InChI=1S/C18H19N3O2S/c24-18-20-19-17(21(18)12-16-6-3-11-22-16)13-7-9-15(10-8-13)23-14-4-1-2-5-14/h3,6-11,14H,1-2,4-5,12H2,(H,20,24). The Morgan fingerprint density at radius 3 is 2.71 bits per heavy atom. The molecular formula is C18H19N3O2S. The van der Waals surface area contributed by atoms with E-state index in [1.165, 1.54) is 12.8 Å². The Labute approximate surface area is 145 Å². The van der Waals surface area contributed by atoms with Gasteiger partial charge < -0.3 is 9.15 Å². The molecule has 2 heterocycles. The molecule has 1 aromatic carbocycles. The highest BCUT2D eigenvalue weighted by Gasteiger charge is 2.17. The van der Waals surface area contributed by atoms with Gasteiger partial charge in [0.15, 0.2) is 10.6 Å². The summed E-state index contributed by atoms with van der Waals surface area (Å²) in [5.41, 5.74) is 0.993. The average Bonchev–Trinajstić information content (AvgIpc) is 3.33. The van der Waals surface area contributed by atoms with E-state index >= 15 is 0 Å². The van der Waals surface area contributed by atoms with Gasteiger partial charge in [-0.2, -0.15) is 5.10 Å². The average molecular weight is 341 g/mol. The molecule has 0 spiro atoms. The van der Waals surface area contributed by atoms with Crippen LogP contribution in [-0.2, 0) is 6.54 Å². The predicted molar refractivity (Wildman–Crippen MR) is 93.5 cm³/mol. The number of rotatable bonds is 5. The molecule has 6 heteroatoms. The molecule has 4 rings (SSSR count). The third kappa shape index (κ3) is 3.14. The Kier molecular flexibility index (Phi) is 4.21. The summed E-state index contributed by atoms with van der Waals surface area (Å²) in [4.78, 5) is 0. The second-order valence-corrected chi connectivity index (χ2v) is 6.45. The minimum absolute atomic E-state index is 0.365. The summed E-state index contributed by atoms with van der Waals surface area (Å²) in [6, 6.07) is 11.8. The van der Waals surface area contributed by atoms with Crippen LogP contribution in [0, 0.1) is 4.77 Å². The Morgan fingerprint density at radius 2 is 2.00 bits per heavy atom. The van der Waals surface area contributed by atoms with Crippen LogP contribution in [0.4, 0.5) is 0 Å². The fraction of sp³-hybridized carbons (Fsp3) is 0.333. The fourth-order valence-electron chi connectivity index (χ4n) is 3.12. The molecule has 0 amide bonds. The summed E-state index contributed by atoms with van der Waals surface area (Å²) in [5, 5.41) is 7.23. The van der Waals surface area contributed by atoms with Gasteiger partial charge in [-0.05, 0) is 74.3 Å². The molecule has 0 atom stereocenters. The maximum absolute atomic E-state index is 6.02. The van der Waals surface area contributed by atoms with Gasteiger partial charge in [0.25, 0.3) is 0 Å². The number of H-pyrrole nitrogens is 1. The molecule has 0 saturated heterocycles. The lowest BCUT2D eigenvalue weighted by Gasteiger charge is -2.13. The van der Waals surface area contributed by atoms with E-state index in [-0.39, 0.29) is 0 Å². The number of hydrogen-bond donors (Lipinski definition) is 1. The molecule has 24 heavy (non-hydrogen) atoms. The summed E-state index contributed by atoms with van der Waals surface area (Å²) < 4.78 is 13.9. The summed E-state index contributed by atoms with van der Waals surface area (Å²) >= 11 is 5.35. The summed E-state index contributed by atoms with van der Waals surface area (Å²) in [5.74, 6) is 2.55. The van der Waals surface area contributed by atoms with Crippen LogP contribution < -0.4 is 4.74 Å². The molecule has 0 radical (unpaired) electrons. The van der Waals surface area contributed by atoms with Crippen molar-refractivity contribution in [2.75, 3.05) is 0 Å². The molecule has 0 bridgehead atoms. The molecular weight excluding hydrogens is 322 g/mol. The van der Waals surface area contributed by atoms with Crippen LogP contribution in [0.5, 0.6) is 5.75 Å². The Hall–Kier alpha value is -2.34. The second kappa shape index (κ2) is 6.65. The number of nitrogens with one attached hydrogen (secondary N) is 1. The lowest BCUT2D eigenvalue weighted by molar-refractivity contribution is 0.210. The van der Waals surface area contributed by atoms with E-state index in [9.17, 15) is 0 Å². The first kappa shape index (κ1) is 15.2. The van der Waals surface area contributed by atoms with Gasteiger partial charge >= 0.3 is 0 Å². The van der Waals surface area contributed by atoms with Crippen LogP contribution >= 0.6 is 12.2 Å². The number of nitrogens with zero attached hydrogens (tertiary/aromatic N) is 2. The maximum Gasteiger partial charge on any atom is 0.195 e. The number of benzene rings is 1. The van der Waals surface area contributed by atoms with Gasteiger partial charge in [-0.3, -0.25) is 9.67 Å². The van der Waals surface area contributed by atoms with E-state index < -0.39 is 0 Å². The first-order valence-corrected chi connectivity index (χ1v) is 8.65. The van der Waals surface area contributed by atoms with Gasteiger partial charge in [0, 0.05) is 5.56 Å². The van der Waals surface area contributed by atoms with E-state index in [1.54, 1.807) is 6.26 Å². The monoisotopic (exact) mass is 341 g/mol. The van der Waals surface area contributed by atoms with E-state index in [1.807, 2.05) is 41.0 Å². The summed E-state index contributed by atoms with van der Waals surface area (Å²) in [6.45, 7) is 0.554. The number of aromatic amines is 1. The lowest BCUT2D eigenvalue weighted by atomic mass is 10.2. The highest BCUT2D eigenvalue weighted by Crippen LogP contribution is 2.26. The smallest absolute Gasteiger partial charge is 0.195 e. The first-order chi connectivity index (χ1) is 11.8. The van der Waals surface area contributed by atoms with E-state index in [0.29, 0.717) is 17.4 Å². The Morgan fingerprint density at radius 1 is 1.21 bits per heavy atom. The molecule has 1 aliphatic rings. The Bertz CT molecular complexity index is 843. The van der Waals surface area contributed by atoms with Crippen molar-refractivity contribution in [3.8, 4) is 17.1 Å². The molecule has 3 aromatic rings. The largest absolute Gasteiger partial charge is 0.490 e. The number of aromatic nitrogens is 3. The minimum atomic E-state index is 0.365. The maximum atomic E-state index is 6.02. The molecule has 1 N–H and O–H groups in total. The van der Waals surface area contributed by atoms with Gasteiger partial charge in [-0.15, -0.1) is 0 Å². The van der Waals surface area contributed by atoms with E-state index in [0.717, 1.165) is 35.7 Å². The van der Waals surface area contributed by atoms with Crippen molar-refractivity contribution < 1.29 is 9.15 Å². The quantitative estimate of drug-likeness (QED) is 0.691. The van der Waals surface area contributed by atoms with Crippen molar-refractivity contribution in [2.24, 2.45) is 0 Å². The zero-order valence-electron chi connectivity index (χ0n) is 13.3. The van der Waals surface area contributed by atoms with Gasteiger partial charge in [0.1, 0.15) is 11.5 Å². The van der Waals surface area contributed by atoms with Crippen molar-refractivity contribution >= 4 is 12.2 Å². The van der Waals surface area contributed by atoms with Gasteiger partial charge in [0.2, 0.25) is 0 Å². The van der Waals surface area contributed by atoms with Crippen molar-refractivity contribution in [1.82, 2.24) is 14.8 Å². The highest BCUT2D eigenvalue weighted by atomic mass is 32.1. The van der Waals surface area contributed by atoms with Crippen LogP contribution in [-0.4, -0.2) is 20.9 Å². The predicted octanol–water partition coefficient (Wildman–Crippen LogP) is 4.57. The van der Waals surface area contributed by atoms with Gasteiger partial charge in [0.05, 0.1) is 18.9 Å². The molecule has 124 valence electrons. The third-order valence-electron chi connectivity index (χ3n) is 4.37. The molecule has 2 aromatic heterocycles. The molecule has 1 saturated carbocycles. The Balaban J connectivity index is 1.56. The number of furan rings is 1. The van der Waals surface area contributed by atoms with Crippen LogP contribution in [0.3, 0.4) is 0 Å². The van der Waals surface area contributed by atoms with Crippen molar-refractivity contribution in [3.63, 3.8) is 0 Å². The van der Waals surface area contributed by atoms with E-state index in [2.05, 4.69) is 10.2 Å². The van der Waals surface area contributed by atoms with Crippen molar-refractivity contribution in [1.29, 1.82) is 0 Å². The van der Waals surface area contributed by atoms with Crippen LogP contribution in [0.15, 0.2) is 47.1 Å². The number of hydrogen-bond acceptors (Lipinski definition) is 4. The number of ether oxygens (including phenoxy) is 1. The third-order valence-corrected chi connectivity index (χ3v) is 4.68. The topological polar surface area (TPSA) is 56.0 Å². The van der Waals surface area contributed by atoms with E-state index in [4.69, 9.17) is 21.4 Å². The SMILES string of the molecule is S=c1[nH]nc(-c2ccc(OC3CCCC3)cc2)n1Cc1ccco1. The summed E-state index contributed by atoms with van der Waals surface area (Å²) in [6.07, 6.45) is 6.87. The van der Waals surface area contributed by atoms with Crippen LogP contribution in [0.1, 0.15) is 31.4 Å². The zero-order valence-corrected chi connectivity index (χ0v) is 14.1. The molecule has 0 unspecified atom stereocenters. The van der Waals surface area contributed by atoms with Crippen molar-refractivity contribution in [2.45, 2.75) is 38.3 Å². The van der Waals surface area contributed by atoms with Crippen LogP contribution in [0.25, 0.3) is 11.4 Å². The normalized spacial score (nSPS) is 15.0. The molecule has 1 fully saturated rings. The van der Waals surface area contributed by atoms with Crippen LogP contribution in [0.2, 0.25) is 0 Å². The zero-order chi connectivity index (χ0) is 16.4.